The molecule has 0 saturated carbocycles. The maximum absolute atomic E-state index is 11.2. The van der Waals surface area contributed by atoms with E-state index in [0.717, 1.165) is 17.5 Å². The number of benzene rings is 2. The Balaban J connectivity index is 2.20. The molecule has 0 heterocycles. The zero-order chi connectivity index (χ0) is 13.7. The third-order valence-electron chi connectivity index (χ3n) is 2.92. The largest absolute Gasteiger partial charge is 0.488 e. The van der Waals surface area contributed by atoms with Gasteiger partial charge in [-0.15, -0.1) is 0 Å². The molecule has 19 heavy (non-hydrogen) atoms. The number of carboxylic acids is 1. The Morgan fingerprint density at radius 2 is 1.84 bits per heavy atom. The molecular formula is C16H16O3. The van der Waals surface area contributed by atoms with E-state index in [2.05, 4.69) is 0 Å². The molecule has 0 saturated heterocycles. The van der Waals surface area contributed by atoms with Gasteiger partial charge < -0.3 is 9.84 Å². The van der Waals surface area contributed by atoms with E-state index in [1.54, 1.807) is 12.1 Å². The van der Waals surface area contributed by atoms with Crippen LogP contribution in [-0.4, -0.2) is 11.1 Å². The Kier molecular flexibility index (Phi) is 4.18. The molecule has 1 N–H and O–H groups in total. The van der Waals surface area contributed by atoms with Gasteiger partial charge in [0.25, 0.3) is 0 Å². The smallest absolute Gasteiger partial charge is 0.339 e. The zero-order valence-electron chi connectivity index (χ0n) is 10.8. The van der Waals surface area contributed by atoms with Crippen molar-refractivity contribution in [1.82, 2.24) is 0 Å². The summed E-state index contributed by atoms with van der Waals surface area (Å²) in [5.74, 6) is -0.540. The third kappa shape index (κ3) is 3.35. The van der Waals surface area contributed by atoms with Crippen molar-refractivity contribution in [1.29, 1.82) is 0 Å². The van der Waals surface area contributed by atoms with Gasteiger partial charge in [0, 0.05) is 0 Å². The molecule has 3 nitrogen and oxygen atoms in total. The Hall–Kier alpha value is -2.29. The molecular weight excluding hydrogens is 240 g/mol. The number of carbonyl (C=O) groups is 1. The number of ether oxygens (including phenoxy) is 1. The molecule has 0 aliphatic carbocycles. The van der Waals surface area contributed by atoms with Crippen LogP contribution < -0.4 is 4.74 Å². The van der Waals surface area contributed by atoms with Gasteiger partial charge in [0.2, 0.25) is 0 Å². The molecule has 3 heteroatoms. The second-order valence-corrected chi connectivity index (χ2v) is 4.26. The van der Waals surface area contributed by atoms with E-state index in [4.69, 9.17) is 9.84 Å². The molecule has 98 valence electrons. The monoisotopic (exact) mass is 256 g/mol. The van der Waals surface area contributed by atoms with Gasteiger partial charge in [-0.2, -0.15) is 0 Å². The molecule has 0 spiro atoms. The molecule has 0 fully saturated rings. The fourth-order valence-electron chi connectivity index (χ4n) is 1.82. The van der Waals surface area contributed by atoms with Crippen LogP contribution in [0, 0.1) is 0 Å². The number of aryl methyl sites for hydroxylation is 1. The molecule has 0 radical (unpaired) electrons. The van der Waals surface area contributed by atoms with Crippen LogP contribution in [0.15, 0.2) is 48.5 Å². The van der Waals surface area contributed by atoms with E-state index in [-0.39, 0.29) is 5.56 Å². The Morgan fingerprint density at radius 3 is 2.47 bits per heavy atom. The predicted molar refractivity (Wildman–Crippen MR) is 73.6 cm³/mol. The summed E-state index contributed by atoms with van der Waals surface area (Å²) in [6.45, 7) is 2.39. The molecule has 0 atom stereocenters. The minimum Gasteiger partial charge on any atom is -0.488 e. The molecule has 2 aromatic carbocycles. The van der Waals surface area contributed by atoms with Crippen molar-refractivity contribution in [3.8, 4) is 5.75 Å². The van der Waals surface area contributed by atoms with Crippen LogP contribution >= 0.6 is 0 Å². The average molecular weight is 256 g/mol. The molecule has 0 aliphatic rings. The van der Waals surface area contributed by atoms with Crippen LogP contribution in [0.4, 0.5) is 0 Å². The minimum absolute atomic E-state index is 0.202. The van der Waals surface area contributed by atoms with Crippen molar-refractivity contribution in [2.45, 2.75) is 20.0 Å². The highest BCUT2D eigenvalue weighted by molar-refractivity contribution is 5.91. The number of carboxylic acid groups (broad SMARTS) is 1. The molecule has 0 bridgehead atoms. The lowest BCUT2D eigenvalue weighted by atomic mass is 10.1. The van der Waals surface area contributed by atoms with E-state index in [0.29, 0.717) is 12.4 Å². The van der Waals surface area contributed by atoms with Gasteiger partial charge in [0.1, 0.15) is 17.9 Å². The van der Waals surface area contributed by atoms with Crippen LogP contribution in [0.3, 0.4) is 0 Å². The zero-order valence-corrected chi connectivity index (χ0v) is 10.8. The highest BCUT2D eigenvalue weighted by Gasteiger charge is 2.11. The van der Waals surface area contributed by atoms with Crippen LogP contribution in [0.25, 0.3) is 0 Å². The summed E-state index contributed by atoms with van der Waals surface area (Å²) >= 11 is 0. The average Bonchev–Trinajstić information content (AvgIpc) is 2.45. The van der Waals surface area contributed by atoms with Gasteiger partial charge >= 0.3 is 5.97 Å². The van der Waals surface area contributed by atoms with Crippen LogP contribution in [0.5, 0.6) is 5.75 Å². The van der Waals surface area contributed by atoms with Crippen molar-refractivity contribution in [3.05, 3.63) is 65.2 Å². The van der Waals surface area contributed by atoms with Crippen molar-refractivity contribution < 1.29 is 14.6 Å². The first kappa shape index (κ1) is 13.1. The molecule has 2 aromatic rings. The summed E-state index contributed by atoms with van der Waals surface area (Å²) < 4.78 is 5.65. The summed E-state index contributed by atoms with van der Waals surface area (Å²) in [7, 11) is 0. The first-order valence-electron chi connectivity index (χ1n) is 6.23. The van der Waals surface area contributed by atoms with E-state index in [1.807, 2.05) is 43.3 Å². The number of hydrogen-bond donors (Lipinski definition) is 1. The molecule has 0 unspecified atom stereocenters. The highest BCUT2D eigenvalue weighted by Crippen LogP contribution is 2.22. The molecule has 0 aliphatic heterocycles. The van der Waals surface area contributed by atoms with Gasteiger partial charge in [0.15, 0.2) is 0 Å². The van der Waals surface area contributed by atoms with Crippen molar-refractivity contribution >= 4 is 5.97 Å². The van der Waals surface area contributed by atoms with Gasteiger partial charge in [-0.1, -0.05) is 43.3 Å². The topological polar surface area (TPSA) is 46.5 Å². The van der Waals surface area contributed by atoms with Gasteiger partial charge in [-0.05, 0) is 29.7 Å². The maximum Gasteiger partial charge on any atom is 0.339 e. The molecule has 0 aromatic heterocycles. The second kappa shape index (κ2) is 6.05. The number of hydrogen-bond acceptors (Lipinski definition) is 2. The Labute approximate surface area is 112 Å². The maximum atomic E-state index is 11.2. The lowest BCUT2D eigenvalue weighted by Gasteiger charge is -2.10. The summed E-state index contributed by atoms with van der Waals surface area (Å²) in [6.07, 6.45) is 0.849. The van der Waals surface area contributed by atoms with Crippen LogP contribution in [-0.2, 0) is 13.0 Å². The summed E-state index contributed by atoms with van der Waals surface area (Å²) in [4.78, 5) is 11.2. The predicted octanol–water partition coefficient (Wildman–Crippen LogP) is 3.53. The van der Waals surface area contributed by atoms with E-state index in [9.17, 15) is 4.79 Å². The number of aromatic carboxylic acids is 1. The van der Waals surface area contributed by atoms with E-state index in [1.165, 1.54) is 0 Å². The molecule has 2 rings (SSSR count). The van der Waals surface area contributed by atoms with Gasteiger partial charge in [-0.25, -0.2) is 4.79 Å². The van der Waals surface area contributed by atoms with Crippen LogP contribution in [0.2, 0.25) is 0 Å². The third-order valence-corrected chi connectivity index (χ3v) is 2.92. The fourth-order valence-corrected chi connectivity index (χ4v) is 1.82. The van der Waals surface area contributed by atoms with Crippen LogP contribution in [0.1, 0.15) is 28.4 Å². The summed E-state index contributed by atoms with van der Waals surface area (Å²) in [6, 6.07) is 14.9. The fraction of sp³-hybridized carbons (Fsp3) is 0.188. The van der Waals surface area contributed by atoms with E-state index < -0.39 is 5.97 Å². The second-order valence-electron chi connectivity index (χ2n) is 4.26. The van der Waals surface area contributed by atoms with Gasteiger partial charge in [-0.3, -0.25) is 0 Å². The quantitative estimate of drug-likeness (QED) is 0.890. The normalized spacial score (nSPS) is 10.2. The van der Waals surface area contributed by atoms with Crippen molar-refractivity contribution in [2.75, 3.05) is 0 Å². The highest BCUT2D eigenvalue weighted by atomic mass is 16.5. The molecule has 0 amide bonds. The minimum atomic E-state index is -0.967. The van der Waals surface area contributed by atoms with E-state index >= 15 is 0 Å². The summed E-state index contributed by atoms with van der Waals surface area (Å²) in [5, 5.41) is 9.15. The SMILES string of the molecule is CCc1ccc(C(=O)O)c(OCc2ccccc2)c1. The Morgan fingerprint density at radius 1 is 1.11 bits per heavy atom. The summed E-state index contributed by atoms with van der Waals surface area (Å²) in [5.41, 5.74) is 2.28. The standard InChI is InChI=1S/C16H16O3/c1-2-12-8-9-14(16(17)18)15(10-12)19-11-13-6-4-3-5-7-13/h3-10H,2,11H2,1H3,(H,17,18). The van der Waals surface area contributed by atoms with Crippen molar-refractivity contribution in [2.24, 2.45) is 0 Å². The first-order valence-corrected chi connectivity index (χ1v) is 6.23. The Bertz CT molecular complexity index is 561. The first-order chi connectivity index (χ1) is 9.20. The number of rotatable bonds is 5. The lowest BCUT2D eigenvalue weighted by molar-refractivity contribution is 0.0691. The van der Waals surface area contributed by atoms with Gasteiger partial charge in [0.05, 0.1) is 0 Å². The lowest BCUT2D eigenvalue weighted by Crippen LogP contribution is -2.04. The van der Waals surface area contributed by atoms with Crippen molar-refractivity contribution in [3.63, 3.8) is 0 Å².